The summed E-state index contributed by atoms with van der Waals surface area (Å²) in [6, 6.07) is 8.78. The van der Waals surface area contributed by atoms with E-state index in [0.717, 1.165) is 4.90 Å². The fourth-order valence-corrected chi connectivity index (χ4v) is 2.07. The number of nitrogen functional groups attached to an aromatic ring is 1. The molecule has 0 amide bonds. The smallest absolute Gasteiger partial charge is 0.256 e. The third-order valence-corrected chi connectivity index (χ3v) is 3.18. The predicted octanol–water partition coefficient (Wildman–Crippen LogP) is 2.28. The zero-order chi connectivity index (χ0) is 12.4. The number of hydrogen-bond acceptors (Lipinski definition) is 3. The molecule has 1 aromatic carbocycles. The van der Waals surface area contributed by atoms with E-state index >= 15 is 0 Å². The summed E-state index contributed by atoms with van der Waals surface area (Å²) in [7, 11) is 0. The van der Waals surface area contributed by atoms with Gasteiger partial charge in [0.15, 0.2) is 0 Å². The molecule has 2 rings (SSSR count). The zero-order valence-electron chi connectivity index (χ0n) is 9.18. The molecule has 0 fully saturated rings. The van der Waals surface area contributed by atoms with Gasteiger partial charge in [0.1, 0.15) is 11.6 Å². The summed E-state index contributed by atoms with van der Waals surface area (Å²) < 4.78 is 14.2. The number of thioether (sulfide) groups is 1. The van der Waals surface area contributed by atoms with Crippen molar-refractivity contribution in [1.82, 2.24) is 4.57 Å². The number of nitrogens with two attached hydrogens (primary N) is 1. The standard InChI is InChI=1S/C12H11FN2OS/c1-17-10-6-7-11(16)15(12(10)14)9-4-2-8(13)3-5-9/h2-7H,14H2,1H3. The first-order valence-corrected chi connectivity index (χ1v) is 6.17. The molecule has 0 radical (unpaired) electrons. The second kappa shape index (κ2) is 4.63. The van der Waals surface area contributed by atoms with Gasteiger partial charge < -0.3 is 5.73 Å². The summed E-state index contributed by atoms with van der Waals surface area (Å²) in [6.07, 6.45) is 1.88. The molecule has 88 valence electrons. The van der Waals surface area contributed by atoms with Crippen LogP contribution in [0.3, 0.4) is 0 Å². The molecule has 0 aliphatic carbocycles. The molecule has 2 N–H and O–H groups in total. The number of rotatable bonds is 2. The first kappa shape index (κ1) is 11.7. The number of anilines is 1. The molecule has 0 atom stereocenters. The van der Waals surface area contributed by atoms with Crippen molar-refractivity contribution in [1.29, 1.82) is 0 Å². The highest BCUT2D eigenvalue weighted by Crippen LogP contribution is 2.22. The Balaban J connectivity index is 2.66. The lowest BCUT2D eigenvalue weighted by Gasteiger charge is -2.11. The predicted molar refractivity (Wildman–Crippen MR) is 68.2 cm³/mol. The first-order valence-electron chi connectivity index (χ1n) is 4.95. The van der Waals surface area contributed by atoms with Crippen molar-refractivity contribution in [2.45, 2.75) is 4.90 Å². The normalized spacial score (nSPS) is 10.5. The number of pyridine rings is 1. The Morgan fingerprint density at radius 2 is 1.82 bits per heavy atom. The van der Waals surface area contributed by atoms with Crippen LogP contribution in [0.2, 0.25) is 0 Å². The summed E-state index contributed by atoms with van der Waals surface area (Å²) in [5.41, 5.74) is 6.24. The Labute approximate surface area is 102 Å². The average molecular weight is 250 g/mol. The highest BCUT2D eigenvalue weighted by Gasteiger charge is 2.08. The Morgan fingerprint density at radius 1 is 1.18 bits per heavy atom. The van der Waals surface area contributed by atoms with E-state index < -0.39 is 0 Å². The fraction of sp³-hybridized carbons (Fsp3) is 0.0833. The summed E-state index contributed by atoms with van der Waals surface area (Å²) in [6.45, 7) is 0. The van der Waals surface area contributed by atoms with E-state index in [4.69, 9.17) is 5.73 Å². The van der Waals surface area contributed by atoms with Crippen LogP contribution >= 0.6 is 11.8 Å². The summed E-state index contributed by atoms with van der Waals surface area (Å²) in [5.74, 6) is 0.0259. The molecule has 2 aromatic rings. The third kappa shape index (κ3) is 2.19. The number of nitrogens with zero attached hydrogens (tertiary/aromatic N) is 1. The lowest BCUT2D eigenvalue weighted by atomic mass is 10.3. The highest BCUT2D eigenvalue weighted by atomic mass is 32.2. The minimum absolute atomic E-state index is 0.230. The van der Waals surface area contributed by atoms with E-state index in [1.165, 1.54) is 46.7 Å². The van der Waals surface area contributed by atoms with E-state index in [9.17, 15) is 9.18 Å². The molecule has 1 aromatic heterocycles. The van der Waals surface area contributed by atoms with Crippen molar-refractivity contribution in [2.75, 3.05) is 12.0 Å². The Kier molecular flexibility index (Phi) is 3.19. The van der Waals surface area contributed by atoms with Crippen LogP contribution in [-0.2, 0) is 0 Å². The second-order valence-corrected chi connectivity index (χ2v) is 4.29. The maximum atomic E-state index is 12.8. The Hall–Kier alpha value is -1.75. The number of hydrogen-bond donors (Lipinski definition) is 1. The van der Waals surface area contributed by atoms with Gasteiger partial charge in [-0.25, -0.2) is 4.39 Å². The van der Waals surface area contributed by atoms with Gasteiger partial charge in [-0.05, 0) is 36.6 Å². The van der Waals surface area contributed by atoms with E-state index in [1.54, 1.807) is 6.07 Å². The van der Waals surface area contributed by atoms with Crippen molar-refractivity contribution in [2.24, 2.45) is 0 Å². The molecule has 17 heavy (non-hydrogen) atoms. The molecule has 0 aliphatic heterocycles. The number of halogens is 1. The average Bonchev–Trinajstić information content (AvgIpc) is 2.32. The molecule has 0 aliphatic rings. The lowest BCUT2D eigenvalue weighted by molar-refractivity contribution is 0.627. The molecule has 0 spiro atoms. The van der Waals surface area contributed by atoms with Crippen LogP contribution in [0, 0.1) is 5.82 Å². The minimum atomic E-state index is -0.346. The van der Waals surface area contributed by atoms with E-state index in [1.807, 2.05) is 6.26 Å². The van der Waals surface area contributed by atoms with Crippen molar-refractivity contribution in [3.8, 4) is 5.69 Å². The van der Waals surface area contributed by atoms with Crippen LogP contribution in [0.5, 0.6) is 0 Å². The van der Waals surface area contributed by atoms with Crippen LogP contribution in [0.1, 0.15) is 0 Å². The summed E-state index contributed by atoms with van der Waals surface area (Å²) in [4.78, 5) is 12.6. The Bertz CT molecular complexity index is 592. The molecular formula is C12H11FN2OS. The summed E-state index contributed by atoms with van der Waals surface area (Å²) in [5, 5.41) is 0. The maximum absolute atomic E-state index is 12.8. The van der Waals surface area contributed by atoms with E-state index in [-0.39, 0.29) is 11.4 Å². The maximum Gasteiger partial charge on any atom is 0.256 e. The van der Waals surface area contributed by atoms with Gasteiger partial charge in [0, 0.05) is 11.0 Å². The monoisotopic (exact) mass is 250 g/mol. The Morgan fingerprint density at radius 3 is 2.41 bits per heavy atom. The zero-order valence-corrected chi connectivity index (χ0v) is 10.00. The molecule has 5 heteroatoms. The van der Waals surface area contributed by atoms with Gasteiger partial charge in [-0.1, -0.05) is 0 Å². The topological polar surface area (TPSA) is 48.0 Å². The molecule has 0 unspecified atom stereocenters. The van der Waals surface area contributed by atoms with Crippen LogP contribution in [0.25, 0.3) is 5.69 Å². The fourth-order valence-electron chi connectivity index (χ4n) is 1.56. The van der Waals surface area contributed by atoms with E-state index in [2.05, 4.69) is 0 Å². The van der Waals surface area contributed by atoms with Crippen LogP contribution in [0.4, 0.5) is 10.2 Å². The lowest BCUT2D eigenvalue weighted by Crippen LogP contribution is -2.20. The van der Waals surface area contributed by atoms with Gasteiger partial charge in [-0.3, -0.25) is 9.36 Å². The molecule has 0 saturated heterocycles. The molecular weight excluding hydrogens is 239 g/mol. The van der Waals surface area contributed by atoms with Crippen LogP contribution in [-0.4, -0.2) is 10.8 Å². The largest absolute Gasteiger partial charge is 0.384 e. The molecule has 0 saturated carbocycles. The van der Waals surface area contributed by atoms with Gasteiger partial charge in [-0.2, -0.15) is 0 Å². The summed E-state index contributed by atoms with van der Waals surface area (Å²) >= 11 is 1.46. The molecule has 3 nitrogen and oxygen atoms in total. The van der Waals surface area contributed by atoms with Gasteiger partial charge >= 0.3 is 0 Å². The number of aromatic nitrogens is 1. The SMILES string of the molecule is CSc1ccc(=O)n(-c2ccc(F)cc2)c1N. The van der Waals surface area contributed by atoms with Crippen LogP contribution in [0.15, 0.2) is 46.1 Å². The second-order valence-electron chi connectivity index (χ2n) is 3.44. The van der Waals surface area contributed by atoms with Crippen molar-refractivity contribution < 1.29 is 4.39 Å². The molecule has 0 bridgehead atoms. The minimum Gasteiger partial charge on any atom is -0.384 e. The molecule has 1 heterocycles. The van der Waals surface area contributed by atoms with Gasteiger partial charge in [0.2, 0.25) is 0 Å². The number of benzene rings is 1. The quantitative estimate of drug-likeness (QED) is 0.832. The highest BCUT2D eigenvalue weighted by molar-refractivity contribution is 7.98. The van der Waals surface area contributed by atoms with Gasteiger partial charge in [0.05, 0.1) is 5.69 Å². The van der Waals surface area contributed by atoms with Gasteiger partial charge in [-0.15, -0.1) is 11.8 Å². The van der Waals surface area contributed by atoms with E-state index in [0.29, 0.717) is 11.5 Å². The third-order valence-electron chi connectivity index (χ3n) is 2.40. The van der Waals surface area contributed by atoms with Gasteiger partial charge in [0.25, 0.3) is 5.56 Å². The van der Waals surface area contributed by atoms with Crippen molar-refractivity contribution >= 4 is 17.6 Å². The van der Waals surface area contributed by atoms with Crippen molar-refractivity contribution in [3.63, 3.8) is 0 Å². The van der Waals surface area contributed by atoms with Crippen molar-refractivity contribution in [3.05, 3.63) is 52.6 Å². The van der Waals surface area contributed by atoms with Crippen LogP contribution < -0.4 is 11.3 Å². The first-order chi connectivity index (χ1) is 8.13.